The van der Waals surface area contributed by atoms with Crippen molar-refractivity contribution in [1.29, 1.82) is 0 Å². The molecule has 0 amide bonds. The van der Waals surface area contributed by atoms with Crippen LogP contribution in [0.15, 0.2) is 24.3 Å². The van der Waals surface area contributed by atoms with Crippen molar-refractivity contribution in [3.05, 3.63) is 24.3 Å². The highest BCUT2D eigenvalue weighted by molar-refractivity contribution is 5.69. The van der Waals surface area contributed by atoms with Crippen LogP contribution in [0, 0.1) is 0 Å². The lowest BCUT2D eigenvalue weighted by Gasteiger charge is -2.42. The van der Waals surface area contributed by atoms with Crippen LogP contribution in [0.5, 0.6) is 0 Å². The Morgan fingerprint density at radius 1 is 0.559 bits per heavy atom. The molecular formula is C45H82O14. The first-order valence-electron chi connectivity index (χ1n) is 22.9. The first-order valence-corrected chi connectivity index (χ1v) is 22.9. The number of rotatable bonds is 35. The quantitative estimate of drug-likeness (QED) is 0.0246. The Kier molecular flexibility index (Phi) is 30.9. The van der Waals surface area contributed by atoms with Gasteiger partial charge in [-0.2, -0.15) is 0 Å². The minimum atomic E-state index is -1.70. The molecule has 0 aliphatic carbocycles. The second kappa shape index (κ2) is 34.0. The molecule has 14 nitrogen and oxygen atoms in total. The average Bonchev–Trinajstić information content (AvgIpc) is 3.23. The molecule has 2 heterocycles. The molecule has 0 spiro atoms. The van der Waals surface area contributed by atoms with E-state index in [9.17, 15) is 40.5 Å². The Labute approximate surface area is 354 Å². The van der Waals surface area contributed by atoms with E-state index in [1.165, 1.54) is 70.6 Å². The van der Waals surface area contributed by atoms with Crippen LogP contribution in [0.25, 0.3) is 0 Å². The Balaban J connectivity index is 1.73. The molecule has 346 valence electrons. The smallest absolute Gasteiger partial charge is 0.306 e. The number of carbonyl (C=O) groups excluding carboxylic acids is 1. The third-order valence-electron chi connectivity index (χ3n) is 11.0. The summed E-state index contributed by atoms with van der Waals surface area (Å²) in [7, 11) is 0. The van der Waals surface area contributed by atoms with Crippen LogP contribution in [-0.4, -0.2) is 142 Å². The molecule has 14 heteroatoms. The van der Waals surface area contributed by atoms with Crippen LogP contribution in [0.2, 0.25) is 0 Å². The highest BCUT2D eigenvalue weighted by atomic mass is 16.7. The van der Waals surface area contributed by atoms with Gasteiger partial charge in [-0.1, -0.05) is 128 Å². The zero-order valence-corrected chi connectivity index (χ0v) is 36.2. The first-order chi connectivity index (χ1) is 28.6. The number of unbranched alkanes of at least 4 members (excludes halogenated alkanes) is 17. The number of ether oxygens (including phenoxy) is 6. The van der Waals surface area contributed by atoms with Gasteiger partial charge in [0.15, 0.2) is 12.6 Å². The fourth-order valence-electron chi connectivity index (χ4n) is 7.14. The van der Waals surface area contributed by atoms with E-state index in [0.29, 0.717) is 13.0 Å². The van der Waals surface area contributed by atoms with Crippen molar-refractivity contribution in [2.45, 2.75) is 223 Å². The number of hydrogen-bond donors (Lipinski definition) is 7. The van der Waals surface area contributed by atoms with Crippen molar-refractivity contribution in [3.63, 3.8) is 0 Å². The van der Waals surface area contributed by atoms with Gasteiger partial charge in [0.2, 0.25) is 0 Å². The zero-order valence-electron chi connectivity index (χ0n) is 36.2. The number of carbonyl (C=O) groups is 1. The van der Waals surface area contributed by atoms with Gasteiger partial charge in [0.25, 0.3) is 0 Å². The summed E-state index contributed by atoms with van der Waals surface area (Å²) in [6.07, 6.45) is 17.1. The van der Waals surface area contributed by atoms with E-state index in [1.807, 2.05) is 0 Å². The molecule has 0 aromatic rings. The fourth-order valence-corrected chi connectivity index (χ4v) is 7.14. The maximum Gasteiger partial charge on any atom is 0.306 e. The van der Waals surface area contributed by atoms with Gasteiger partial charge in [-0.15, -0.1) is 0 Å². The van der Waals surface area contributed by atoms with E-state index in [2.05, 4.69) is 38.2 Å². The SMILES string of the molecule is CCCCCC/C=C\C/C=C\CCCCCCCCCCOCC(COC1OC(COC2OC(CO)C(O)C(O)C2O)C(O)C(O)C1O)OC(=O)CCCCCCCC. The van der Waals surface area contributed by atoms with Crippen molar-refractivity contribution in [1.82, 2.24) is 0 Å². The first kappa shape index (κ1) is 53.6. The van der Waals surface area contributed by atoms with Gasteiger partial charge >= 0.3 is 5.97 Å². The molecule has 2 rings (SSSR count). The van der Waals surface area contributed by atoms with Crippen molar-refractivity contribution in [3.8, 4) is 0 Å². The molecule has 0 aromatic heterocycles. The van der Waals surface area contributed by atoms with E-state index in [4.69, 9.17) is 28.4 Å². The van der Waals surface area contributed by atoms with Crippen molar-refractivity contribution < 1.29 is 69.0 Å². The second-order valence-corrected chi connectivity index (χ2v) is 16.2. The molecule has 2 aliphatic rings. The summed E-state index contributed by atoms with van der Waals surface area (Å²) < 4.78 is 34.0. The largest absolute Gasteiger partial charge is 0.457 e. The summed E-state index contributed by atoms with van der Waals surface area (Å²) in [5.74, 6) is -0.388. The number of esters is 1. The Bertz CT molecular complexity index is 1080. The standard InChI is InChI=1S/C45H82O14/c1-3-5-7-9-11-12-13-14-15-16-17-18-19-20-21-22-23-25-27-29-54-31-34(57-37(47)28-26-24-10-8-6-4-2)32-55-44-43(53)41(51)39(49)36(59-44)33-56-45-42(52)40(50)38(48)35(30-46)58-45/h12-13,15-16,34-36,38-46,48-53H,3-11,14,17-33H2,1-2H3/b13-12-,16-15-. The van der Waals surface area contributed by atoms with E-state index in [0.717, 1.165) is 57.8 Å². The van der Waals surface area contributed by atoms with Gasteiger partial charge in [-0.3, -0.25) is 4.79 Å². The lowest BCUT2D eigenvalue weighted by Crippen LogP contribution is -2.61. The molecule has 0 aromatic carbocycles. The summed E-state index contributed by atoms with van der Waals surface area (Å²) >= 11 is 0. The predicted molar refractivity (Wildman–Crippen MR) is 224 cm³/mol. The maximum absolute atomic E-state index is 12.8. The number of allylic oxidation sites excluding steroid dienone is 4. The molecule has 2 fully saturated rings. The molecule has 59 heavy (non-hydrogen) atoms. The Morgan fingerprint density at radius 2 is 1.05 bits per heavy atom. The van der Waals surface area contributed by atoms with E-state index in [1.54, 1.807) is 0 Å². The monoisotopic (exact) mass is 847 g/mol. The van der Waals surface area contributed by atoms with E-state index < -0.39 is 80.7 Å². The van der Waals surface area contributed by atoms with Crippen LogP contribution >= 0.6 is 0 Å². The third kappa shape index (κ3) is 22.9. The normalized spacial score (nSPS) is 28.2. The molecule has 2 aliphatic heterocycles. The van der Waals surface area contributed by atoms with Crippen LogP contribution in [0.4, 0.5) is 0 Å². The molecular weight excluding hydrogens is 764 g/mol. The van der Waals surface area contributed by atoms with Gasteiger partial charge in [-0.05, 0) is 44.9 Å². The lowest BCUT2D eigenvalue weighted by atomic mass is 9.98. The van der Waals surface area contributed by atoms with Crippen molar-refractivity contribution >= 4 is 5.97 Å². The molecule has 11 unspecified atom stereocenters. The summed E-state index contributed by atoms with van der Waals surface area (Å²) in [5, 5.41) is 71.7. The van der Waals surface area contributed by atoms with E-state index >= 15 is 0 Å². The number of hydrogen-bond acceptors (Lipinski definition) is 14. The van der Waals surface area contributed by atoms with Gasteiger partial charge in [0, 0.05) is 13.0 Å². The molecule has 7 N–H and O–H groups in total. The molecule has 2 saturated heterocycles. The maximum atomic E-state index is 12.8. The molecule has 11 atom stereocenters. The topological polar surface area (TPSA) is 214 Å². The van der Waals surface area contributed by atoms with Gasteiger partial charge in [-0.25, -0.2) is 0 Å². The van der Waals surface area contributed by atoms with Crippen LogP contribution in [0.3, 0.4) is 0 Å². The van der Waals surface area contributed by atoms with Crippen LogP contribution in [0.1, 0.15) is 155 Å². The zero-order chi connectivity index (χ0) is 43.1. The minimum Gasteiger partial charge on any atom is -0.457 e. The molecule has 0 bridgehead atoms. The lowest BCUT2D eigenvalue weighted by molar-refractivity contribution is -0.332. The highest BCUT2D eigenvalue weighted by Gasteiger charge is 2.47. The summed E-state index contributed by atoms with van der Waals surface area (Å²) in [6, 6.07) is 0. The predicted octanol–water partition coefficient (Wildman–Crippen LogP) is 5.29. The second-order valence-electron chi connectivity index (χ2n) is 16.2. The summed E-state index contributed by atoms with van der Waals surface area (Å²) in [5.41, 5.74) is 0. The third-order valence-corrected chi connectivity index (χ3v) is 11.0. The minimum absolute atomic E-state index is 0.0592. The molecule has 0 radical (unpaired) electrons. The Morgan fingerprint density at radius 3 is 1.64 bits per heavy atom. The Hall–Kier alpha value is -1.53. The van der Waals surface area contributed by atoms with Crippen LogP contribution < -0.4 is 0 Å². The fraction of sp³-hybridized carbons (Fsp3) is 0.889. The van der Waals surface area contributed by atoms with Crippen LogP contribution in [-0.2, 0) is 33.2 Å². The van der Waals surface area contributed by atoms with Gasteiger partial charge in [0.1, 0.15) is 54.9 Å². The molecule has 0 saturated carbocycles. The highest BCUT2D eigenvalue weighted by Crippen LogP contribution is 2.26. The summed E-state index contributed by atoms with van der Waals surface area (Å²) in [6.45, 7) is 3.58. The number of aliphatic hydroxyl groups is 7. The van der Waals surface area contributed by atoms with Gasteiger partial charge < -0.3 is 64.2 Å². The summed E-state index contributed by atoms with van der Waals surface area (Å²) in [4.78, 5) is 12.8. The van der Waals surface area contributed by atoms with E-state index in [-0.39, 0.29) is 25.6 Å². The van der Waals surface area contributed by atoms with Crippen molar-refractivity contribution in [2.75, 3.05) is 33.0 Å². The number of aliphatic hydroxyl groups excluding tert-OH is 7. The van der Waals surface area contributed by atoms with Crippen molar-refractivity contribution in [2.24, 2.45) is 0 Å². The average molecular weight is 847 g/mol. The van der Waals surface area contributed by atoms with Gasteiger partial charge in [0.05, 0.1) is 26.4 Å².